The molecule has 3 amide bonds. The van der Waals surface area contributed by atoms with E-state index in [4.69, 9.17) is 21.1 Å². The highest BCUT2D eigenvalue weighted by Crippen LogP contribution is 2.36. The van der Waals surface area contributed by atoms with Gasteiger partial charge in [0.25, 0.3) is 5.91 Å². The normalized spacial score (nSPS) is 10.5. The summed E-state index contributed by atoms with van der Waals surface area (Å²) in [5, 5.41) is 8.83. The predicted octanol–water partition coefficient (Wildman–Crippen LogP) is 2.18. The van der Waals surface area contributed by atoms with Crippen molar-refractivity contribution < 1.29 is 23.9 Å². The average molecular weight is 447 g/mol. The first kappa shape index (κ1) is 23.7. The minimum absolute atomic E-state index is 0.178. The number of anilines is 1. The van der Waals surface area contributed by atoms with E-state index in [1.807, 2.05) is 32.0 Å². The number of nitrogens with zero attached hydrogens (tertiary/aromatic N) is 1. The maximum absolute atomic E-state index is 12.3. The topological polar surface area (TPSA) is 118 Å². The van der Waals surface area contributed by atoms with Gasteiger partial charge in [0, 0.05) is 12.7 Å². The summed E-state index contributed by atoms with van der Waals surface area (Å²) in [6.45, 7) is 3.60. The number of carbonyl (C=O) groups excluding carboxylic acids is 3. The molecule has 0 radical (unpaired) electrons. The smallest absolute Gasteiger partial charge is 0.329 e. The van der Waals surface area contributed by atoms with Crippen LogP contribution >= 0.6 is 11.6 Å². The van der Waals surface area contributed by atoms with Crippen LogP contribution in [0.3, 0.4) is 0 Å². The molecule has 0 saturated carbocycles. The molecule has 0 spiro atoms. The zero-order valence-corrected chi connectivity index (χ0v) is 18.3. The van der Waals surface area contributed by atoms with Gasteiger partial charge in [-0.3, -0.25) is 14.4 Å². The number of hydrogen-bond acceptors (Lipinski definition) is 6. The Morgan fingerprint density at radius 2 is 1.87 bits per heavy atom. The molecule has 3 N–H and O–H groups in total. The van der Waals surface area contributed by atoms with Crippen LogP contribution in [0.4, 0.5) is 5.69 Å². The number of carbonyl (C=O) groups is 3. The number of likely N-dealkylation sites (N-methyl/N-ethyl adjacent to an activating group) is 1. The van der Waals surface area contributed by atoms with Crippen molar-refractivity contribution in [3.63, 3.8) is 0 Å². The molecule has 0 aliphatic carbocycles. The summed E-state index contributed by atoms with van der Waals surface area (Å²) in [4.78, 5) is 34.8. The van der Waals surface area contributed by atoms with Gasteiger partial charge >= 0.3 is 11.8 Å². The highest BCUT2D eigenvalue weighted by molar-refractivity contribution is 6.35. The molecular formula is C21H23ClN4O5. The van der Waals surface area contributed by atoms with Gasteiger partial charge < -0.3 is 20.1 Å². The van der Waals surface area contributed by atoms with Crippen LogP contribution < -0.4 is 25.5 Å². The second-order valence-corrected chi connectivity index (χ2v) is 6.87. The van der Waals surface area contributed by atoms with Crippen LogP contribution in [0.1, 0.15) is 16.7 Å². The molecule has 0 bridgehead atoms. The van der Waals surface area contributed by atoms with Crippen molar-refractivity contribution in [2.45, 2.75) is 13.8 Å². The molecule has 9 nitrogen and oxygen atoms in total. The highest BCUT2D eigenvalue weighted by atomic mass is 35.5. The number of hydrogen-bond donors (Lipinski definition) is 3. The monoisotopic (exact) mass is 446 g/mol. The third-order valence-electron chi connectivity index (χ3n) is 4.07. The van der Waals surface area contributed by atoms with Crippen molar-refractivity contribution in [3.8, 4) is 11.5 Å². The van der Waals surface area contributed by atoms with Crippen LogP contribution in [-0.4, -0.2) is 44.7 Å². The van der Waals surface area contributed by atoms with Crippen LogP contribution in [-0.2, 0) is 14.4 Å². The fraction of sp³-hybridized carbons (Fsp3) is 0.238. The van der Waals surface area contributed by atoms with Crippen molar-refractivity contribution in [1.29, 1.82) is 0 Å². The van der Waals surface area contributed by atoms with E-state index in [0.717, 1.165) is 11.1 Å². The van der Waals surface area contributed by atoms with E-state index in [1.54, 1.807) is 6.07 Å². The first-order chi connectivity index (χ1) is 14.7. The van der Waals surface area contributed by atoms with Gasteiger partial charge in [-0.05, 0) is 43.2 Å². The van der Waals surface area contributed by atoms with Gasteiger partial charge in [0.2, 0.25) is 0 Å². The second kappa shape index (κ2) is 11.0. The molecule has 0 saturated heterocycles. The largest absolute Gasteiger partial charge is 0.493 e. The lowest BCUT2D eigenvalue weighted by atomic mass is 10.1. The number of rotatable bonds is 7. The number of ether oxygens (including phenoxy) is 2. The highest BCUT2D eigenvalue weighted by Gasteiger charge is 2.14. The minimum Gasteiger partial charge on any atom is -0.493 e. The Kier molecular flexibility index (Phi) is 8.39. The third-order valence-corrected chi connectivity index (χ3v) is 4.35. The fourth-order valence-electron chi connectivity index (χ4n) is 2.56. The Hall–Kier alpha value is -3.59. The number of benzene rings is 2. The summed E-state index contributed by atoms with van der Waals surface area (Å²) in [5.74, 6) is -1.63. The van der Waals surface area contributed by atoms with E-state index >= 15 is 0 Å². The summed E-state index contributed by atoms with van der Waals surface area (Å²) in [5.41, 5.74) is 5.29. The Morgan fingerprint density at radius 3 is 2.52 bits per heavy atom. The van der Waals surface area contributed by atoms with Gasteiger partial charge in [-0.1, -0.05) is 29.3 Å². The van der Waals surface area contributed by atoms with E-state index in [2.05, 4.69) is 21.2 Å². The lowest BCUT2D eigenvalue weighted by Gasteiger charge is -2.14. The molecule has 0 unspecified atom stereocenters. The van der Waals surface area contributed by atoms with Crippen LogP contribution in [0.25, 0.3) is 0 Å². The van der Waals surface area contributed by atoms with Crippen LogP contribution in [0.2, 0.25) is 5.02 Å². The van der Waals surface area contributed by atoms with Crippen molar-refractivity contribution in [3.05, 3.63) is 52.0 Å². The van der Waals surface area contributed by atoms with Crippen LogP contribution in [0.15, 0.2) is 35.4 Å². The Morgan fingerprint density at radius 1 is 1.13 bits per heavy atom. The molecule has 0 atom stereocenters. The van der Waals surface area contributed by atoms with E-state index < -0.39 is 11.8 Å². The Bertz CT molecular complexity index is 1020. The first-order valence-electron chi connectivity index (χ1n) is 9.17. The molecule has 164 valence electrons. The molecule has 0 fully saturated rings. The number of halogens is 1. The quantitative estimate of drug-likeness (QED) is 0.342. The third kappa shape index (κ3) is 6.71. The molecule has 31 heavy (non-hydrogen) atoms. The molecule has 2 rings (SSSR count). The van der Waals surface area contributed by atoms with Crippen molar-refractivity contribution in [2.24, 2.45) is 5.10 Å². The number of amides is 3. The van der Waals surface area contributed by atoms with E-state index in [9.17, 15) is 14.4 Å². The summed E-state index contributed by atoms with van der Waals surface area (Å²) in [6.07, 6.45) is 1.28. The van der Waals surface area contributed by atoms with Crippen molar-refractivity contribution in [2.75, 3.05) is 26.1 Å². The zero-order chi connectivity index (χ0) is 23.0. The number of hydrazone groups is 1. The lowest BCUT2D eigenvalue weighted by molar-refractivity contribution is -0.138. The molecule has 0 aliphatic rings. The van der Waals surface area contributed by atoms with Crippen LogP contribution in [0, 0.1) is 13.8 Å². The molecular weight excluding hydrogens is 424 g/mol. The lowest BCUT2D eigenvalue weighted by Crippen LogP contribution is -2.35. The first-order valence-corrected chi connectivity index (χ1v) is 9.55. The van der Waals surface area contributed by atoms with Crippen LogP contribution in [0.5, 0.6) is 11.5 Å². The van der Waals surface area contributed by atoms with Gasteiger partial charge in [0.15, 0.2) is 18.1 Å². The van der Waals surface area contributed by atoms with Gasteiger partial charge in [0.05, 0.1) is 18.3 Å². The maximum atomic E-state index is 12.3. The molecule has 10 heteroatoms. The summed E-state index contributed by atoms with van der Waals surface area (Å²) in [6, 6.07) is 8.76. The van der Waals surface area contributed by atoms with Gasteiger partial charge in [-0.25, -0.2) is 5.43 Å². The minimum atomic E-state index is -0.911. The molecule has 2 aromatic carbocycles. The predicted molar refractivity (Wildman–Crippen MR) is 118 cm³/mol. The molecule has 0 aromatic heterocycles. The van der Waals surface area contributed by atoms with Crippen molar-refractivity contribution in [1.82, 2.24) is 10.7 Å². The van der Waals surface area contributed by atoms with Gasteiger partial charge in [-0.2, -0.15) is 5.10 Å². The summed E-state index contributed by atoms with van der Waals surface area (Å²) >= 11 is 6.26. The van der Waals surface area contributed by atoms with E-state index in [1.165, 1.54) is 26.4 Å². The molecule has 0 heterocycles. The van der Waals surface area contributed by atoms with E-state index in [-0.39, 0.29) is 29.0 Å². The Labute approximate surface area is 184 Å². The maximum Gasteiger partial charge on any atom is 0.329 e. The van der Waals surface area contributed by atoms with Crippen molar-refractivity contribution >= 4 is 41.2 Å². The summed E-state index contributed by atoms with van der Waals surface area (Å²) in [7, 11) is 2.75. The average Bonchev–Trinajstić information content (AvgIpc) is 2.73. The van der Waals surface area contributed by atoms with E-state index in [0.29, 0.717) is 11.3 Å². The fourth-order valence-corrected chi connectivity index (χ4v) is 2.84. The standard InChI is InChI=1S/C21H23ClN4O5/c1-12-5-6-16(13(2)7-12)25-18(27)11-31-19-15(22)8-14(9-17(19)30-4)10-24-26-21(29)20(28)23-3/h5-10H,11H2,1-4H3,(H,23,28)(H,25,27)(H,26,29)/b24-10-. The molecule has 2 aromatic rings. The second-order valence-electron chi connectivity index (χ2n) is 6.47. The molecule has 0 aliphatic heterocycles. The zero-order valence-electron chi connectivity index (χ0n) is 17.5. The van der Waals surface area contributed by atoms with Gasteiger partial charge in [0.1, 0.15) is 0 Å². The summed E-state index contributed by atoms with van der Waals surface area (Å²) < 4.78 is 10.8. The number of aryl methyl sites for hydroxylation is 2. The SMILES string of the molecule is CNC(=O)C(=O)N/N=C\c1cc(Cl)c(OCC(=O)Nc2ccc(C)cc2C)c(OC)c1. The van der Waals surface area contributed by atoms with Gasteiger partial charge in [-0.15, -0.1) is 0 Å². The number of nitrogens with one attached hydrogen (secondary N) is 3. The number of methoxy groups -OCH3 is 1. The Balaban J connectivity index is 2.05.